The molecule has 5 nitrogen and oxygen atoms in total. The van der Waals surface area contributed by atoms with Crippen molar-refractivity contribution in [1.29, 1.82) is 0 Å². The molecule has 0 radical (unpaired) electrons. The third-order valence-electron chi connectivity index (χ3n) is 4.26. The zero-order valence-electron chi connectivity index (χ0n) is 15.7. The zero-order chi connectivity index (χ0) is 19.6. The second-order valence-electron chi connectivity index (χ2n) is 7.51. The Kier molecular flexibility index (Phi) is 5.30. The highest BCUT2D eigenvalue weighted by Crippen LogP contribution is 2.27. The molecular formula is C20H23F2N3O2. The average molecular weight is 375 g/mol. The van der Waals surface area contributed by atoms with E-state index in [9.17, 15) is 13.6 Å². The lowest BCUT2D eigenvalue weighted by Gasteiger charge is -2.36. The number of anilines is 1. The van der Waals surface area contributed by atoms with Crippen LogP contribution in [0.3, 0.4) is 0 Å². The van der Waals surface area contributed by atoms with Crippen molar-refractivity contribution in [3.05, 3.63) is 48.3 Å². The van der Waals surface area contributed by atoms with Crippen molar-refractivity contribution in [3.63, 3.8) is 0 Å². The van der Waals surface area contributed by atoms with Crippen molar-refractivity contribution in [1.82, 2.24) is 9.88 Å². The molecule has 1 aliphatic heterocycles. The van der Waals surface area contributed by atoms with E-state index in [-0.39, 0.29) is 6.09 Å². The minimum Gasteiger partial charge on any atom is -0.444 e. The average Bonchev–Trinajstić information content (AvgIpc) is 2.60. The molecule has 1 amide bonds. The van der Waals surface area contributed by atoms with Crippen LogP contribution in [0.15, 0.2) is 36.7 Å². The Labute approximate surface area is 157 Å². The van der Waals surface area contributed by atoms with Crippen LogP contribution in [-0.4, -0.2) is 47.8 Å². The Morgan fingerprint density at radius 1 is 1.07 bits per heavy atom. The molecule has 1 aromatic heterocycles. The molecule has 0 bridgehead atoms. The fourth-order valence-corrected chi connectivity index (χ4v) is 2.95. The van der Waals surface area contributed by atoms with Gasteiger partial charge in [0.2, 0.25) is 0 Å². The number of rotatable bonds is 2. The molecule has 1 fully saturated rings. The normalized spacial score (nSPS) is 15.0. The van der Waals surface area contributed by atoms with Crippen LogP contribution < -0.4 is 4.90 Å². The van der Waals surface area contributed by atoms with E-state index in [0.29, 0.717) is 37.3 Å². The van der Waals surface area contributed by atoms with Crippen molar-refractivity contribution in [2.24, 2.45) is 0 Å². The van der Waals surface area contributed by atoms with E-state index in [1.807, 2.05) is 26.8 Å². The van der Waals surface area contributed by atoms with E-state index in [0.717, 1.165) is 11.8 Å². The molecule has 0 aliphatic carbocycles. The minimum atomic E-state index is -0.622. The number of amides is 1. The maximum absolute atomic E-state index is 14.0. The van der Waals surface area contributed by atoms with Crippen molar-refractivity contribution in [3.8, 4) is 11.1 Å². The van der Waals surface area contributed by atoms with Gasteiger partial charge in [-0.25, -0.2) is 13.6 Å². The summed E-state index contributed by atoms with van der Waals surface area (Å²) in [6.45, 7) is 7.83. The molecule has 3 rings (SSSR count). The smallest absolute Gasteiger partial charge is 0.410 e. The quantitative estimate of drug-likeness (QED) is 0.793. The number of ether oxygens (including phenoxy) is 1. The Bertz CT molecular complexity index is 828. The van der Waals surface area contributed by atoms with Gasteiger partial charge >= 0.3 is 6.09 Å². The highest BCUT2D eigenvalue weighted by Gasteiger charge is 2.26. The first-order valence-electron chi connectivity index (χ1n) is 8.86. The second-order valence-corrected chi connectivity index (χ2v) is 7.51. The van der Waals surface area contributed by atoms with E-state index >= 15 is 0 Å². The molecule has 144 valence electrons. The van der Waals surface area contributed by atoms with Gasteiger partial charge in [-0.3, -0.25) is 4.98 Å². The highest BCUT2D eigenvalue weighted by atomic mass is 19.1. The zero-order valence-corrected chi connectivity index (χ0v) is 15.7. The maximum atomic E-state index is 14.0. The molecule has 1 saturated heterocycles. The minimum absolute atomic E-state index is 0.304. The van der Waals surface area contributed by atoms with Gasteiger partial charge in [0, 0.05) is 49.6 Å². The lowest BCUT2D eigenvalue weighted by Crippen LogP contribution is -2.50. The number of benzene rings is 1. The number of pyridine rings is 1. The standard InChI is InChI=1S/C20H23F2N3O2/c1-20(2,3)27-19(26)25-8-6-24(7-9-25)16-10-14(12-23-13-16)17-5-4-15(21)11-18(17)22/h4-5,10-13H,6-9H2,1-3H3. The first-order chi connectivity index (χ1) is 12.7. The third-order valence-corrected chi connectivity index (χ3v) is 4.26. The van der Waals surface area contributed by atoms with Crippen LogP contribution in [0.25, 0.3) is 11.1 Å². The first-order valence-corrected chi connectivity index (χ1v) is 8.86. The number of aromatic nitrogens is 1. The molecule has 0 N–H and O–H groups in total. The van der Waals surface area contributed by atoms with Gasteiger partial charge in [0.25, 0.3) is 0 Å². The topological polar surface area (TPSA) is 45.7 Å². The van der Waals surface area contributed by atoms with Gasteiger partial charge in [0.05, 0.1) is 11.9 Å². The molecule has 2 heterocycles. The van der Waals surface area contributed by atoms with Gasteiger partial charge in [0.1, 0.15) is 17.2 Å². The van der Waals surface area contributed by atoms with E-state index in [4.69, 9.17) is 4.74 Å². The van der Waals surface area contributed by atoms with Crippen LogP contribution in [0.4, 0.5) is 19.3 Å². The van der Waals surface area contributed by atoms with E-state index in [1.165, 1.54) is 12.1 Å². The number of halogens is 2. The molecule has 7 heteroatoms. The fourth-order valence-electron chi connectivity index (χ4n) is 2.95. The van der Waals surface area contributed by atoms with E-state index < -0.39 is 17.2 Å². The number of carbonyl (C=O) groups excluding carboxylic acids is 1. The molecule has 27 heavy (non-hydrogen) atoms. The van der Waals surface area contributed by atoms with E-state index in [1.54, 1.807) is 17.3 Å². The van der Waals surface area contributed by atoms with Crippen molar-refractivity contribution in [2.75, 3.05) is 31.1 Å². The lowest BCUT2D eigenvalue weighted by molar-refractivity contribution is 0.0240. The summed E-state index contributed by atoms with van der Waals surface area (Å²) in [5, 5.41) is 0. The van der Waals surface area contributed by atoms with Crippen molar-refractivity contribution in [2.45, 2.75) is 26.4 Å². The molecule has 0 atom stereocenters. The third kappa shape index (κ3) is 4.72. The Morgan fingerprint density at radius 3 is 2.41 bits per heavy atom. The Morgan fingerprint density at radius 2 is 1.78 bits per heavy atom. The Hall–Kier alpha value is -2.70. The van der Waals surface area contributed by atoms with Gasteiger partial charge in [-0.1, -0.05) is 0 Å². The summed E-state index contributed by atoms with van der Waals surface area (Å²) < 4.78 is 32.6. The predicted molar refractivity (Wildman–Crippen MR) is 99.6 cm³/mol. The number of hydrogen-bond acceptors (Lipinski definition) is 4. The SMILES string of the molecule is CC(C)(C)OC(=O)N1CCN(c2cncc(-c3ccc(F)cc3F)c2)CC1. The maximum Gasteiger partial charge on any atom is 0.410 e. The van der Waals surface area contributed by atoms with Crippen LogP contribution in [0.5, 0.6) is 0 Å². The summed E-state index contributed by atoms with van der Waals surface area (Å²) in [5.74, 6) is -1.23. The van der Waals surface area contributed by atoms with Crippen LogP contribution in [0.2, 0.25) is 0 Å². The molecule has 2 aromatic rings. The summed E-state index contributed by atoms with van der Waals surface area (Å²) in [6.07, 6.45) is 2.94. The van der Waals surface area contributed by atoms with Gasteiger partial charge in [0.15, 0.2) is 0 Å². The second kappa shape index (κ2) is 7.50. The largest absolute Gasteiger partial charge is 0.444 e. The molecular weight excluding hydrogens is 352 g/mol. The summed E-state index contributed by atoms with van der Waals surface area (Å²) >= 11 is 0. The lowest BCUT2D eigenvalue weighted by atomic mass is 10.1. The van der Waals surface area contributed by atoms with Gasteiger partial charge in [-0.2, -0.15) is 0 Å². The number of carbonyl (C=O) groups is 1. The number of hydrogen-bond donors (Lipinski definition) is 0. The summed E-state index contributed by atoms with van der Waals surface area (Å²) in [4.78, 5) is 20.1. The van der Waals surface area contributed by atoms with Crippen molar-refractivity contribution >= 4 is 11.8 Å². The molecule has 0 saturated carbocycles. The monoisotopic (exact) mass is 375 g/mol. The van der Waals surface area contributed by atoms with Crippen LogP contribution in [0, 0.1) is 11.6 Å². The molecule has 1 aliphatic rings. The highest BCUT2D eigenvalue weighted by molar-refractivity contribution is 5.70. The van der Waals surface area contributed by atoms with Crippen LogP contribution in [0.1, 0.15) is 20.8 Å². The van der Waals surface area contributed by atoms with Crippen molar-refractivity contribution < 1.29 is 18.3 Å². The molecule has 0 unspecified atom stereocenters. The van der Waals surface area contributed by atoms with Crippen LogP contribution >= 0.6 is 0 Å². The Balaban J connectivity index is 1.69. The summed E-state index contributed by atoms with van der Waals surface area (Å²) in [7, 11) is 0. The predicted octanol–water partition coefficient (Wildman–Crippen LogP) is 4.08. The van der Waals surface area contributed by atoms with E-state index in [2.05, 4.69) is 9.88 Å². The molecule has 1 aromatic carbocycles. The number of piperazine rings is 1. The van der Waals surface area contributed by atoms with Gasteiger partial charge < -0.3 is 14.5 Å². The molecule has 0 spiro atoms. The summed E-state index contributed by atoms with van der Waals surface area (Å²) in [6, 6.07) is 5.32. The fraction of sp³-hybridized carbons (Fsp3) is 0.400. The first kappa shape index (κ1) is 19.1. The summed E-state index contributed by atoms with van der Waals surface area (Å²) in [5.41, 5.74) is 1.20. The van der Waals surface area contributed by atoms with Gasteiger partial charge in [-0.15, -0.1) is 0 Å². The van der Waals surface area contributed by atoms with Crippen LogP contribution in [-0.2, 0) is 4.74 Å². The van der Waals surface area contributed by atoms with Gasteiger partial charge in [-0.05, 0) is 39.0 Å². The number of nitrogens with zero attached hydrogens (tertiary/aromatic N) is 3.